The summed E-state index contributed by atoms with van der Waals surface area (Å²) in [6.07, 6.45) is 5.19. The summed E-state index contributed by atoms with van der Waals surface area (Å²) in [5.41, 5.74) is 6.01. The van der Waals surface area contributed by atoms with Gasteiger partial charge in [0.05, 0.1) is 5.54 Å². The lowest BCUT2D eigenvalue weighted by Gasteiger charge is -2.33. The number of rotatable bonds is 3. The van der Waals surface area contributed by atoms with Crippen LogP contribution >= 0.6 is 0 Å². The molecule has 0 aliphatic heterocycles. The van der Waals surface area contributed by atoms with E-state index in [2.05, 4.69) is 37.8 Å². The Hall–Kier alpha value is -0.900. The van der Waals surface area contributed by atoms with Crippen LogP contribution in [-0.2, 0) is 11.0 Å². The minimum atomic E-state index is -0.377. The van der Waals surface area contributed by atoms with Gasteiger partial charge in [0.15, 0.2) is 5.82 Å². The molecule has 1 fully saturated rings. The van der Waals surface area contributed by atoms with E-state index >= 15 is 0 Å². The van der Waals surface area contributed by atoms with Crippen LogP contribution in [-0.4, -0.2) is 10.1 Å². The molecule has 0 spiro atoms. The molecule has 4 nitrogen and oxygen atoms in total. The van der Waals surface area contributed by atoms with Crippen molar-refractivity contribution in [1.82, 2.24) is 10.1 Å². The molecule has 2 rings (SSSR count). The summed E-state index contributed by atoms with van der Waals surface area (Å²) in [7, 11) is 0. The molecule has 102 valence electrons. The van der Waals surface area contributed by atoms with Gasteiger partial charge in [-0.2, -0.15) is 4.98 Å². The van der Waals surface area contributed by atoms with Crippen molar-refractivity contribution in [2.75, 3.05) is 0 Å². The lowest BCUT2D eigenvalue weighted by Crippen LogP contribution is -2.41. The molecule has 1 saturated carbocycles. The third-order valence-electron chi connectivity index (χ3n) is 4.50. The SMILES string of the molecule is CCC(C)(C)c1nc(C2(N)CCC(C)CC2)no1. The lowest BCUT2D eigenvalue weighted by molar-refractivity contribution is 0.228. The molecule has 1 aliphatic carbocycles. The van der Waals surface area contributed by atoms with Crippen molar-refractivity contribution in [2.24, 2.45) is 11.7 Å². The zero-order valence-electron chi connectivity index (χ0n) is 12.0. The van der Waals surface area contributed by atoms with Gasteiger partial charge in [-0.1, -0.05) is 32.9 Å². The monoisotopic (exact) mass is 251 g/mol. The van der Waals surface area contributed by atoms with Gasteiger partial charge in [0.2, 0.25) is 5.89 Å². The number of hydrogen-bond acceptors (Lipinski definition) is 4. The van der Waals surface area contributed by atoms with Crippen LogP contribution in [0.25, 0.3) is 0 Å². The first kappa shape index (κ1) is 13.5. The van der Waals surface area contributed by atoms with E-state index in [1.807, 2.05) is 0 Å². The Bertz CT molecular complexity index is 403. The summed E-state index contributed by atoms with van der Waals surface area (Å²) in [6.45, 7) is 8.65. The molecule has 1 heterocycles. The summed E-state index contributed by atoms with van der Waals surface area (Å²) < 4.78 is 5.42. The van der Waals surface area contributed by atoms with Crippen molar-refractivity contribution < 1.29 is 4.52 Å². The highest BCUT2D eigenvalue weighted by Gasteiger charge is 2.37. The molecule has 2 N–H and O–H groups in total. The fraction of sp³-hybridized carbons (Fsp3) is 0.857. The van der Waals surface area contributed by atoms with E-state index in [0.717, 1.165) is 38.0 Å². The van der Waals surface area contributed by atoms with Crippen molar-refractivity contribution in [1.29, 1.82) is 0 Å². The number of aromatic nitrogens is 2. The first-order chi connectivity index (χ1) is 8.37. The molecule has 1 aromatic rings. The predicted octanol–water partition coefficient (Wildman–Crippen LogP) is 3.12. The van der Waals surface area contributed by atoms with Crippen molar-refractivity contribution >= 4 is 0 Å². The van der Waals surface area contributed by atoms with Gasteiger partial charge in [0.25, 0.3) is 0 Å². The van der Waals surface area contributed by atoms with Gasteiger partial charge >= 0.3 is 0 Å². The van der Waals surface area contributed by atoms with Crippen molar-refractivity contribution in [3.63, 3.8) is 0 Å². The maximum absolute atomic E-state index is 6.46. The highest BCUT2D eigenvalue weighted by Crippen LogP contribution is 2.37. The van der Waals surface area contributed by atoms with E-state index < -0.39 is 0 Å². The molecule has 18 heavy (non-hydrogen) atoms. The molecule has 0 aromatic carbocycles. The molecule has 0 radical (unpaired) electrons. The summed E-state index contributed by atoms with van der Waals surface area (Å²) in [5.74, 6) is 2.18. The minimum Gasteiger partial charge on any atom is -0.339 e. The highest BCUT2D eigenvalue weighted by molar-refractivity contribution is 5.09. The maximum Gasteiger partial charge on any atom is 0.232 e. The second-order valence-electron chi connectivity index (χ2n) is 6.50. The molecule has 0 atom stereocenters. The van der Waals surface area contributed by atoms with E-state index in [4.69, 9.17) is 10.3 Å². The van der Waals surface area contributed by atoms with E-state index in [-0.39, 0.29) is 11.0 Å². The van der Waals surface area contributed by atoms with Crippen molar-refractivity contribution in [3.05, 3.63) is 11.7 Å². The minimum absolute atomic E-state index is 0.0659. The normalized spacial score (nSPS) is 29.5. The summed E-state index contributed by atoms with van der Waals surface area (Å²) in [6, 6.07) is 0. The number of nitrogens with two attached hydrogens (primary N) is 1. The maximum atomic E-state index is 6.46. The average molecular weight is 251 g/mol. The van der Waals surface area contributed by atoms with Gasteiger partial charge in [-0.05, 0) is 38.0 Å². The highest BCUT2D eigenvalue weighted by atomic mass is 16.5. The molecular formula is C14H25N3O. The van der Waals surface area contributed by atoms with E-state index in [9.17, 15) is 0 Å². The first-order valence-electron chi connectivity index (χ1n) is 7.01. The molecule has 0 unspecified atom stereocenters. The van der Waals surface area contributed by atoms with Gasteiger partial charge in [0, 0.05) is 5.41 Å². The Balaban J connectivity index is 2.20. The molecule has 0 saturated heterocycles. The summed E-state index contributed by atoms with van der Waals surface area (Å²) >= 11 is 0. The fourth-order valence-electron chi connectivity index (χ4n) is 2.35. The van der Waals surface area contributed by atoms with E-state index in [1.165, 1.54) is 0 Å². The smallest absolute Gasteiger partial charge is 0.232 e. The first-order valence-corrected chi connectivity index (χ1v) is 7.01. The van der Waals surface area contributed by atoms with Gasteiger partial charge in [-0.15, -0.1) is 0 Å². The zero-order valence-corrected chi connectivity index (χ0v) is 12.0. The third-order valence-corrected chi connectivity index (χ3v) is 4.50. The van der Waals surface area contributed by atoms with Crippen LogP contribution in [0.4, 0.5) is 0 Å². The van der Waals surface area contributed by atoms with Crippen LogP contribution in [0.5, 0.6) is 0 Å². The summed E-state index contributed by atoms with van der Waals surface area (Å²) in [5, 5.41) is 4.14. The van der Waals surface area contributed by atoms with Crippen LogP contribution < -0.4 is 5.73 Å². The Morgan fingerprint density at radius 3 is 2.56 bits per heavy atom. The van der Waals surface area contributed by atoms with Gasteiger partial charge < -0.3 is 10.3 Å². The Labute approximate surface area is 109 Å². The zero-order chi connectivity index (χ0) is 13.4. The van der Waals surface area contributed by atoms with Crippen molar-refractivity contribution in [2.45, 2.75) is 70.8 Å². The van der Waals surface area contributed by atoms with Gasteiger partial charge in [-0.3, -0.25) is 0 Å². The molecule has 0 amide bonds. The topological polar surface area (TPSA) is 64.9 Å². The van der Waals surface area contributed by atoms with Crippen molar-refractivity contribution in [3.8, 4) is 0 Å². The third kappa shape index (κ3) is 2.44. The van der Waals surface area contributed by atoms with Crippen LogP contribution in [0.1, 0.15) is 71.5 Å². The Kier molecular flexibility index (Phi) is 3.49. The lowest BCUT2D eigenvalue weighted by atomic mass is 9.77. The standard InChI is InChI=1S/C14H25N3O/c1-5-13(3,4)12-16-11(17-18-12)14(15)8-6-10(2)7-9-14/h10H,5-9,15H2,1-4H3. The molecule has 4 heteroatoms. The second-order valence-corrected chi connectivity index (χ2v) is 6.50. The number of nitrogens with zero attached hydrogens (tertiary/aromatic N) is 2. The van der Waals surface area contributed by atoms with Crippen LogP contribution in [0.15, 0.2) is 4.52 Å². The van der Waals surface area contributed by atoms with Crippen LogP contribution in [0.3, 0.4) is 0 Å². The summed E-state index contributed by atoms with van der Waals surface area (Å²) in [4.78, 5) is 4.57. The van der Waals surface area contributed by atoms with Gasteiger partial charge in [0.1, 0.15) is 0 Å². The van der Waals surface area contributed by atoms with Gasteiger partial charge in [-0.25, -0.2) is 0 Å². The molecule has 1 aromatic heterocycles. The second kappa shape index (κ2) is 4.65. The molecular weight excluding hydrogens is 226 g/mol. The Morgan fingerprint density at radius 2 is 2.00 bits per heavy atom. The van der Waals surface area contributed by atoms with Crippen LogP contribution in [0.2, 0.25) is 0 Å². The molecule has 0 bridgehead atoms. The van der Waals surface area contributed by atoms with Crippen LogP contribution in [0, 0.1) is 5.92 Å². The van der Waals surface area contributed by atoms with E-state index in [1.54, 1.807) is 0 Å². The Morgan fingerprint density at radius 1 is 1.39 bits per heavy atom. The average Bonchev–Trinajstić information content (AvgIpc) is 2.84. The quantitative estimate of drug-likeness (QED) is 0.896. The van der Waals surface area contributed by atoms with E-state index in [0.29, 0.717) is 11.7 Å². The predicted molar refractivity (Wildman–Crippen MR) is 71.1 cm³/mol. The molecule has 1 aliphatic rings. The number of hydrogen-bond donors (Lipinski definition) is 1. The fourth-order valence-corrected chi connectivity index (χ4v) is 2.35. The largest absolute Gasteiger partial charge is 0.339 e.